The summed E-state index contributed by atoms with van der Waals surface area (Å²) in [5, 5.41) is 25.1. The first-order chi connectivity index (χ1) is 16.9. The van der Waals surface area contributed by atoms with E-state index in [0.29, 0.717) is 17.7 Å². The predicted molar refractivity (Wildman–Crippen MR) is 134 cm³/mol. The number of esters is 1. The zero-order chi connectivity index (χ0) is 25.3. The van der Waals surface area contributed by atoms with E-state index < -0.39 is 17.5 Å². The molecule has 3 atom stereocenters. The summed E-state index contributed by atoms with van der Waals surface area (Å²) >= 11 is 0. The van der Waals surface area contributed by atoms with Crippen molar-refractivity contribution in [2.45, 2.75) is 77.4 Å². The molecular weight excluding hydrogens is 448 g/mol. The molecule has 1 fully saturated rings. The number of nitrogens with zero attached hydrogens (tertiary/aromatic N) is 2. The topological polar surface area (TPSA) is 109 Å². The SMILES string of the molecule is CCC1CCCCN1C(=O)CO/N=C1\C=C\CC/C=C/CCOC(=O)C2(C)C(=CC(O)=CC2O)C1. The van der Waals surface area contributed by atoms with Crippen molar-refractivity contribution in [2.24, 2.45) is 10.6 Å². The summed E-state index contributed by atoms with van der Waals surface area (Å²) in [6.07, 6.45) is 15.6. The number of hydrogen-bond donors (Lipinski definition) is 2. The molecule has 2 aliphatic heterocycles. The largest absolute Gasteiger partial charge is 0.508 e. The molecule has 0 radical (unpaired) electrons. The lowest BCUT2D eigenvalue weighted by Gasteiger charge is -2.35. The second kappa shape index (κ2) is 12.7. The maximum atomic E-state index is 13.0. The molecule has 0 aromatic carbocycles. The van der Waals surface area contributed by atoms with Crippen molar-refractivity contribution in [1.82, 2.24) is 4.90 Å². The van der Waals surface area contributed by atoms with E-state index >= 15 is 0 Å². The summed E-state index contributed by atoms with van der Waals surface area (Å²) in [6, 6.07) is 0.241. The molecule has 3 unspecified atom stereocenters. The Morgan fingerprint density at radius 3 is 2.83 bits per heavy atom. The zero-order valence-corrected chi connectivity index (χ0v) is 20.8. The molecule has 3 rings (SSSR count). The van der Waals surface area contributed by atoms with Gasteiger partial charge in [0.25, 0.3) is 5.91 Å². The van der Waals surface area contributed by atoms with Gasteiger partial charge in [-0.3, -0.25) is 9.59 Å². The summed E-state index contributed by atoms with van der Waals surface area (Å²) < 4.78 is 5.46. The zero-order valence-electron chi connectivity index (χ0n) is 20.8. The Labute approximate surface area is 207 Å². The van der Waals surface area contributed by atoms with E-state index in [1.54, 1.807) is 13.0 Å². The molecule has 0 aromatic rings. The Morgan fingerprint density at radius 1 is 1.26 bits per heavy atom. The smallest absolute Gasteiger partial charge is 0.318 e. The van der Waals surface area contributed by atoms with E-state index in [1.807, 2.05) is 23.1 Å². The van der Waals surface area contributed by atoms with Crippen LogP contribution in [0.3, 0.4) is 0 Å². The van der Waals surface area contributed by atoms with Crippen molar-refractivity contribution in [3.8, 4) is 0 Å². The first-order valence-corrected chi connectivity index (χ1v) is 12.6. The quantitative estimate of drug-likeness (QED) is 0.351. The highest BCUT2D eigenvalue weighted by Gasteiger charge is 2.46. The Kier molecular flexibility index (Phi) is 9.72. The summed E-state index contributed by atoms with van der Waals surface area (Å²) in [5.74, 6) is -0.783. The average molecular weight is 487 g/mol. The molecule has 2 heterocycles. The summed E-state index contributed by atoms with van der Waals surface area (Å²) in [7, 11) is 0. The molecule has 1 saturated heterocycles. The number of ether oxygens (including phenoxy) is 1. The molecule has 0 bridgehead atoms. The van der Waals surface area contributed by atoms with Crippen molar-refractivity contribution in [1.29, 1.82) is 0 Å². The van der Waals surface area contributed by atoms with Gasteiger partial charge in [-0.05, 0) is 75.7 Å². The van der Waals surface area contributed by atoms with Crippen molar-refractivity contribution >= 4 is 17.6 Å². The minimum atomic E-state index is -1.38. The lowest BCUT2D eigenvalue weighted by molar-refractivity contribution is -0.157. The van der Waals surface area contributed by atoms with Gasteiger partial charge in [0.1, 0.15) is 11.2 Å². The van der Waals surface area contributed by atoms with Crippen LogP contribution in [-0.2, 0) is 19.2 Å². The number of carbonyl (C=O) groups is 2. The van der Waals surface area contributed by atoms with Gasteiger partial charge in [0.2, 0.25) is 0 Å². The number of oxime groups is 1. The highest BCUT2D eigenvalue weighted by atomic mass is 16.6. The summed E-state index contributed by atoms with van der Waals surface area (Å²) in [4.78, 5) is 33.1. The first kappa shape index (κ1) is 26.7. The molecule has 1 amide bonds. The molecule has 192 valence electrons. The van der Waals surface area contributed by atoms with Gasteiger partial charge in [-0.25, -0.2) is 0 Å². The highest BCUT2D eigenvalue weighted by Crippen LogP contribution is 2.40. The number of aliphatic hydroxyl groups is 2. The molecule has 0 aromatic heterocycles. The van der Waals surface area contributed by atoms with Crippen molar-refractivity contribution in [2.75, 3.05) is 19.8 Å². The van der Waals surface area contributed by atoms with Crippen molar-refractivity contribution in [3.05, 3.63) is 47.8 Å². The molecule has 3 aliphatic rings. The van der Waals surface area contributed by atoms with Gasteiger partial charge in [0, 0.05) is 19.0 Å². The number of allylic oxidation sites excluding steroid dienone is 4. The van der Waals surface area contributed by atoms with Crippen LogP contribution in [-0.4, -0.2) is 64.6 Å². The lowest BCUT2D eigenvalue weighted by Crippen LogP contribution is -2.45. The van der Waals surface area contributed by atoms with Gasteiger partial charge < -0.3 is 24.7 Å². The molecule has 35 heavy (non-hydrogen) atoms. The van der Waals surface area contributed by atoms with Gasteiger partial charge in [0.15, 0.2) is 6.61 Å². The Morgan fingerprint density at radius 2 is 2.03 bits per heavy atom. The van der Waals surface area contributed by atoms with Crippen LogP contribution < -0.4 is 0 Å². The van der Waals surface area contributed by atoms with Gasteiger partial charge in [-0.15, -0.1) is 0 Å². The van der Waals surface area contributed by atoms with Crippen LogP contribution in [0.2, 0.25) is 0 Å². The van der Waals surface area contributed by atoms with Crippen molar-refractivity contribution < 1.29 is 29.4 Å². The third-order valence-corrected chi connectivity index (χ3v) is 6.99. The fourth-order valence-corrected chi connectivity index (χ4v) is 4.72. The van der Waals surface area contributed by atoms with Gasteiger partial charge in [0.05, 0.1) is 18.4 Å². The van der Waals surface area contributed by atoms with Crippen LogP contribution in [0.4, 0.5) is 0 Å². The maximum Gasteiger partial charge on any atom is 0.318 e. The van der Waals surface area contributed by atoms with E-state index in [4.69, 9.17) is 9.57 Å². The summed E-state index contributed by atoms with van der Waals surface area (Å²) in [6.45, 7) is 4.47. The number of carbonyl (C=O) groups excluding carboxylic acids is 2. The molecule has 0 saturated carbocycles. The van der Waals surface area contributed by atoms with Crippen LogP contribution in [0.25, 0.3) is 0 Å². The molecule has 1 aliphatic carbocycles. The van der Waals surface area contributed by atoms with Gasteiger partial charge >= 0.3 is 5.97 Å². The third-order valence-electron chi connectivity index (χ3n) is 6.99. The number of rotatable bonds is 4. The first-order valence-electron chi connectivity index (χ1n) is 12.6. The Hall–Kier alpha value is -2.87. The van der Waals surface area contributed by atoms with E-state index in [0.717, 1.165) is 45.1 Å². The Bertz CT molecular complexity index is 919. The number of fused-ring (bicyclic) bond motifs is 1. The van der Waals surface area contributed by atoms with E-state index in [-0.39, 0.29) is 37.3 Å². The van der Waals surface area contributed by atoms with Crippen molar-refractivity contribution in [3.63, 3.8) is 0 Å². The van der Waals surface area contributed by atoms with Crippen LogP contribution >= 0.6 is 0 Å². The minimum absolute atomic E-state index is 0.0859. The standard InChI is InChI=1S/C27H38N2O6/c1-3-22-13-9-10-14-29(22)25(32)19-35-28-21-12-8-6-4-5-7-11-15-34-26(33)27(2)20(16-21)17-23(30)18-24(27)31/h5,7-8,12,17-18,22,24,30-31H,3-4,6,9-11,13-16,19H2,1-2H3/b7-5+,12-8+,28-21+. The second-order valence-corrected chi connectivity index (χ2v) is 9.46. The van der Waals surface area contributed by atoms with E-state index in [9.17, 15) is 19.8 Å². The minimum Gasteiger partial charge on any atom is -0.508 e. The number of likely N-dealkylation sites (tertiary alicyclic amines) is 1. The van der Waals surface area contributed by atoms with Gasteiger partial charge in [-0.2, -0.15) is 0 Å². The highest BCUT2D eigenvalue weighted by molar-refractivity contribution is 5.98. The van der Waals surface area contributed by atoms with Crippen LogP contribution in [0.5, 0.6) is 0 Å². The van der Waals surface area contributed by atoms with Gasteiger partial charge in [-0.1, -0.05) is 30.3 Å². The number of aliphatic hydroxyl groups excluding tert-OH is 2. The van der Waals surface area contributed by atoms with E-state index in [1.165, 1.54) is 12.2 Å². The molecule has 8 nitrogen and oxygen atoms in total. The number of piperidine rings is 1. The summed E-state index contributed by atoms with van der Waals surface area (Å²) in [5.41, 5.74) is -0.438. The number of amides is 1. The van der Waals surface area contributed by atoms with Crippen LogP contribution in [0.1, 0.15) is 65.2 Å². The number of cyclic esters (lactones) is 1. The molecular formula is C27H38N2O6. The normalized spacial score (nSPS) is 31.3. The predicted octanol–water partition coefficient (Wildman–Crippen LogP) is 4.13. The second-order valence-electron chi connectivity index (χ2n) is 9.46. The fourth-order valence-electron chi connectivity index (χ4n) is 4.72. The third kappa shape index (κ3) is 6.84. The lowest BCUT2D eigenvalue weighted by atomic mass is 9.72. The molecule has 8 heteroatoms. The molecule has 2 N–H and O–H groups in total. The Balaban J connectivity index is 1.80. The number of hydrogen-bond acceptors (Lipinski definition) is 7. The van der Waals surface area contributed by atoms with Crippen LogP contribution in [0.15, 0.2) is 52.9 Å². The molecule has 0 spiro atoms. The average Bonchev–Trinajstić information content (AvgIpc) is 2.84. The maximum absolute atomic E-state index is 13.0. The van der Waals surface area contributed by atoms with Crippen LogP contribution in [0, 0.1) is 5.41 Å². The fraction of sp³-hybridized carbons (Fsp3) is 0.593. The van der Waals surface area contributed by atoms with E-state index in [2.05, 4.69) is 12.1 Å². The monoisotopic (exact) mass is 486 g/mol.